The quantitative estimate of drug-likeness (QED) is 0.895. The van der Waals surface area contributed by atoms with Crippen LogP contribution in [0.25, 0.3) is 0 Å². The molecule has 0 spiro atoms. The van der Waals surface area contributed by atoms with E-state index in [0.29, 0.717) is 19.6 Å². The Morgan fingerprint density at radius 3 is 2.56 bits per heavy atom. The fraction of sp³-hybridized carbons (Fsp3) is 0.526. The number of carbonyl (C=O) groups is 3. The Hall–Kier alpha value is -2.37. The number of benzene rings is 1. The third-order valence-electron chi connectivity index (χ3n) is 5.39. The van der Waals surface area contributed by atoms with E-state index in [-0.39, 0.29) is 42.0 Å². The molecule has 0 bridgehead atoms. The van der Waals surface area contributed by atoms with Crippen molar-refractivity contribution in [3.63, 3.8) is 0 Å². The molecule has 2 aliphatic heterocycles. The smallest absolute Gasteiger partial charge is 0.228 e. The lowest BCUT2D eigenvalue weighted by Gasteiger charge is -2.33. The van der Waals surface area contributed by atoms with E-state index in [1.54, 1.807) is 9.80 Å². The first-order valence-corrected chi connectivity index (χ1v) is 8.90. The maximum atomic E-state index is 12.8. The zero-order valence-electron chi connectivity index (χ0n) is 14.6. The molecule has 3 amide bonds. The summed E-state index contributed by atoms with van der Waals surface area (Å²) in [5.41, 5.74) is 6.46. The van der Waals surface area contributed by atoms with Gasteiger partial charge in [0.15, 0.2) is 0 Å². The summed E-state index contributed by atoms with van der Waals surface area (Å²) in [5, 5.41) is 0. The fourth-order valence-corrected chi connectivity index (χ4v) is 3.85. The maximum Gasteiger partial charge on any atom is 0.228 e. The van der Waals surface area contributed by atoms with E-state index >= 15 is 0 Å². The Labute approximate surface area is 148 Å². The van der Waals surface area contributed by atoms with Crippen molar-refractivity contribution < 1.29 is 14.4 Å². The van der Waals surface area contributed by atoms with Crippen LogP contribution in [0.3, 0.4) is 0 Å². The Balaban J connectivity index is 1.65. The van der Waals surface area contributed by atoms with Gasteiger partial charge in [0.05, 0.1) is 17.9 Å². The van der Waals surface area contributed by atoms with Crippen LogP contribution in [0.15, 0.2) is 30.3 Å². The van der Waals surface area contributed by atoms with Gasteiger partial charge in [-0.25, -0.2) is 0 Å². The molecule has 3 atom stereocenters. The van der Waals surface area contributed by atoms with E-state index in [1.165, 1.54) is 0 Å². The summed E-state index contributed by atoms with van der Waals surface area (Å²) >= 11 is 0. The van der Waals surface area contributed by atoms with Crippen molar-refractivity contribution in [3.05, 3.63) is 35.9 Å². The van der Waals surface area contributed by atoms with Crippen LogP contribution in [-0.4, -0.2) is 47.2 Å². The summed E-state index contributed by atoms with van der Waals surface area (Å²) in [6, 6.07) is 9.79. The summed E-state index contributed by atoms with van der Waals surface area (Å²) in [4.78, 5) is 40.2. The number of amides is 3. The normalized spacial score (nSPS) is 25.1. The van der Waals surface area contributed by atoms with Crippen molar-refractivity contribution in [2.24, 2.45) is 17.6 Å². The summed E-state index contributed by atoms with van der Waals surface area (Å²) in [5.74, 6) is -0.959. The Bertz CT molecular complexity index is 661. The van der Waals surface area contributed by atoms with E-state index in [4.69, 9.17) is 5.73 Å². The number of likely N-dealkylation sites (tertiary alicyclic amines) is 2. The molecule has 6 nitrogen and oxygen atoms in total. The first-order chi connectivity index (χ1) is 12.0. The van der Waals surface area contributed by atoms with E-state index in [2.05, 4.69) is 0 Å². The van der Waals surface area contributed by atoms with Crippen molar-refractivity contribution in [2.75, 3.05) is 19.6 Å². The number of nitrogens with two attached hydrogens (primary N) is 1. The highest BCUT2D eigenvalue weighted by atomic mass is 16.2. The zero-order chi connectivity index (χ0) is 18.0. The van der Waals surface area contributed by atoms with Crippen molar-refractivity contribution in [1.29, 1.82) is 0 Å². The van der Waals surface area contributed by atoms with Crippen LogP contribution in [-0.2, 0) is 14.4 Å². The van der Waals surface area contributed by atoms with Gasteiger partial charge in [-0.3, -0.25) is 14.4 Å². The van der Waals surface area contributed by atoms with Gasteiger partial charge in [0.2, 0.25) is 17.7 Å². The summed E-state index contributed by atoms with van der Waals surface area (Å²) in [7, 11) is 0. The van der Waals surface area contributed by atoms with Crippen LogP contribution in [0.2, 0.25) is 0 Å². The monoisotopic (exact) mass is 343 g/mol. The van der Waals surface area contributed by atoms with Gasteiger partial charge in [-0.05, 0) is 25.3 Å². The lowest BCUT2D eigenvalue weighted by atomic mass is 9.96. The molecule has 2 heterocycles. The predicted octanol–water partition coefficient (Wildman–Crippen LogP) is 1.32. The first-order valence-electron chi connectivity index (χ1n) is 8.90. The molecule has 6 heteroatoms. The van der Waals surface area contributed by atoms with Gasteiger partial charge in [0, 0.05) is 26.1 Å². The largest absolute Gasteiger partial charge is 0.369 e. The number of carbonyl (C=O) groups excluding carboxylic acids is 3. The van der Waals surface area contributed by atoms with Crippen LogP contribution < -0.4 is 5.73 Å². The number of nitrogens with zero attached hydrogens (tertiary/aromatic N) is 2. The van der Waals surface area contributed by atoms with Crippen LogP contribution in [0.5, 0.6) is 0 Å². The number of hydrogen-bond acceptors (Lipinski definition) is 3. The van der Waals surface area contributed by atoms with Crippen molar-refractivity contribution in [2.45, 2.75) is 32.2 Å². The third kappa shape index (κ3) is 3.67. The topological polar surface area (TPSA) is 83.7 Å². The second-order valence-electron chi connectivity index (χ2n) is 7.06. The summed E-state index contributed by atoms with van der Waals surface area (Å²) < 4.78 is 0. The molecular weight excluding hydrogens is 318 g/mol. The highest BCUT2D eigenvalue weighted by molar-refractivity contribution is 5.90. The minimum absolute atomic E-state index is 0.0122. The van der Waals surface area contributed by atoms with Gasteiger partial charge in [-0.15, -0.1) is 0 Å². The van der Waals surface area contributed by atoms with E-state index in [9.17, 15) is 14.4 Å². The predicted molar refractivity (Wildman–Crippen MR) is 93.2 cm³/mol. The SMILES string of the molecule is C[C@@H](c1ccccc1)N1C[C@@H](C(=O)N2CCC[C@H](C(N)=O)C2)CC1=O. The van der Waals surface area contributed by atoms with Gasteiger partial charge in [0.25, 0.3) is 0 Å². The number of primary amides is 1. The zero-order valence-corrected chi connectivity index (χ0v) is 14.6. The molecule has 1 aromatic rings. The van der Waals surface area contributed by atoms with Gasteiger partial charge in [-0.1, -0.05) is 30.3 Å². The molecule has 2 fully saturated rings. The van der Waals surface area contributed by atoms with E-state index in [0.717, 1.165) is 18.4 Å². The highest BCUT2D eigenvalue weighted by Gasteiger charge is 2.40. The minimum atomic E-state index is -0.348. The molecule has 134 valence electrons. The van der Waals surface area contributed by atoms with Crippen molar-refractivity contribution in [1.82, 2.24) is 9.80 Å². The lowest BCUT2D eigenvalue weighted by molar-refractivity contribution is -0.139. The summed E-state index contributed by atoms with van der Waals surface area (Å²) in [6.07, 6.45) is 1.76. The van der Waals surface area contributed by atoms with Gasteiger partial charge in [-0.2, -0.15) is 0 Å². The second-order valence-corrected chi connectivity index (χ2v) is 7.06. The first kappa shape index (κ1) is 17.5. The molecule has 1 aromatic carbocycles. The number of rotatable bonds is 4. The maximum absolute atomic E-state index is 12.8. The Kier molecular flexibility index (Phi) is 5.06. The van der Waals surface area contributed by atoms with Gasteiger partial charge in [0.1, 0.15) is 0 Å². The average Bonchev–Trinajstić information content (AvgIpc) is 3.03. The molecule has 0 aliphatic carbocycles. The molecule has 0 radical (unpaired) electrons. The molecular formula is C19H25N3O3. The second kappa shape index (κ2) is 7.25. The Morgan fingerprint density at radius 1 is 1.16 bits per heavy atom. The Morgan fingerprint density at radius 2 is 1.88 bits per heavy atom. The van der Waals surface area contributed by atoms with Crippen LogP contribution >= 0.6 is 0 Å². The van der Waals surface area contributed by atoms with Gasteiger partial charge < -0.3 is 15.5 Å². The van der Waals surface area contributed by atoms with E-state index < -0.39 is 0 Å². The van der Waals surface area contributed by atoms with E-state index in [1.807, 2.05) is 37.3 Å². The fourth-order valence-electron chi connectivity index (χ4n) is 3.85. The molecule has 25 heavy (non-hydrogen) atoms. The standard InChI is InChI=1S/C19H25N3O3/c1-13(14-6-3-2-4-7-14)22-12-16(10-17(22)23)19(25)21-9-5-8-15(11-21)18(20)24/h2-4,6-7,13,15-16H,5,8-12H2,1H3,(H2,20,24)/t13-,15-,16-/m0/s1. The molecule has 2 saturated heterocycles. The van der Waals surface area contributed by atoms with Crippen molar-refractivity contribution in [3.8, 4) is 0 Å². The highest BCUT2D eigenvalue weighted by Crippen LogP contribution is 2.30. The molecule has 2 aliphatic rings. The number of piperidine rings is 1. The molecule has 3 rings (SSSR count). The van der Waals surface area contributed by atoms with Gasteiger partial charge >= 0.3 is 0 Å². The van der Waals surface area contributed by atoms with Crippen molar-refractivity contribution >= 4 is 17.7 Å². The van der Waals surface area contributed by atoms with Crippen LogP contribution in [0, 0.1) is 11.8 Å². The molecule has 0 aromatic heterocycles. The van der Waals surface area contributed by atoms with Crippen LogP contribution in [0.4, 0.5) is 0 Å². The third-order valence-corrected chi connectivity index (χ3v) is 5.39. The average molecular weight is 343 g/mol. The summed E-state index contributed by atoms with van der Waals surface area (Å²) in [6.45, 7) is 3.45. The van der Waals surface area contributed by atoms with Crippen LogP contribution in [0.1, 0.15) is 37.8 Å². The number of hydrogen-bond donors (Lipinski definition) is 1. The lowest BCUT2D eigenvalue weighted by Crippen LogP contribution is -2.46. The minimum Gasteiger partial charge on any atom is -0.369 e. The molecule has 0 saturated carbocycles. The molecule has 0 unspecified atom stereocenters. The molecule has 2 N–H and O–H groups in total.